The fourth-order valence-electron chi connectivity index (χ4n) is 2.48. The van der Waals surface area contributed by atoms with Crippen molar-refractivity contribution in [3.8, 4) is 10.6 Å². The lowest BCUT2D eigenvalue weighted by Crippen LogP contribution is -2.17. The van der Waals surface area contributed by atoms with E-state index in [-0.39, 0.29) is 11.8 Å². The van der Waals surface area contributed by atoms with Gasteiger partial charge >= 0.3 is 0 Å². The number of aromatic nitrogens is 1. The van der Waals surface area contributed by atoms with Gasteiger partial charge in [0.1, 0.15) is 0 Å². The van der Waals surface area contributed by atoms with Crippen LogP contribution in [-0.2, 0) is 11.3 Å². The van der Waals surface area contributed by atoms with Crippen LogP contribution in [0, 0.1) is 13.8 Å². The molecule has 0 unspecified atom stereocenters. The molecule has 7 heteroatoms. The molecule has 0 bridgehead atoms. The highest BCUT2D eigenvalue weighted by Crippen LogP contribution is 2.34. The zero-order valence-electron chi connectivity index (χ0n) is 14.8. The standard InChI is InChI=1S/C19H19N3O2S2/c1-11-6-4-5-7-15(11)18(24)22-19-21-17(12(2)25-19)16-9-8-14(26-16)10-20-13(3)23/h4-9H,10H2,1-3H3,(H,20,23)(H,21,22,24). The van der Waals surface area contributed by atoms with Gasteiger partial charge in [0.2, 0.25) is 5.91 Å². The number of rotatable bonds is 5. The molecular formula is C19H19N3O2S2. The lowest BCUT2D eigenvalue weighted by Gasteiger charge is -2.04. The van der Waals surface area contributed by atoms with E-state index in [0.717, 1.165) is 25.9 Å². The molecule has 2 aromatic heterocycles. The van der Waals surface area contributed by atoms with Gasteiger partial charge in [0.05, 0.1) is 17.1 Å². The van der Waals surface area contributed by atoms with Crippen LogP contribution in [-0.4, -0.2) is 16.8 Å². The van der Waals surface area contributed by atoms with Gasteiger partial charge in [0.15, 0.2) is 5.13 Å². The van der Waals surface area contributed by atoms with Crippen LogP contribution in [0.2, 0.25) is 0 Å². The average molecular weight is 386 g/mol. The van der Waals surface area contributed by atoms with Crippen LogP contribution in [0.25, 0.3) is 10.6 Å². The molecule has 26 heavy (non-hydrogen) atoms. The van der Waals surface area contributed by atoms with Crippen molar-refractivity contribution in [3.63, 3.8) is 0 Å². The van der Waals surface area contributed by atoms with Crippen LogP contribution in [0.3, 0.4) is 0 Å². The Morgan fingerprint density at radius 3 is 2.58 bits per heavy atom. The molecule has 0 fully saturated rings. The summed E-state index contributed by atoms with van der Waals surface area (Å²) in [6, 6.07) is 11.5. The number of benzene rings is 1. The Labute approximate surface area is 160 Å². The normalized spacial score (nSPS) is 10.6. The smallest absolute Gasteiger partial charge is 0.257 e. The molecule has 0 saturated carbocycles. The fourth-order valence-corrected chi connectivity index (χ4v) is 4.36. The van der Waals surface area contributed by atoms with E-state index in [1.54, 1.807) is 17.4 Å². The first kappa shape index (κ1) is 18.3. The monoisotopic (exact) mass is 385 g/mol. The van der Waals surface area contributed by atoms with E-state index in [4.69, 9.17) is 0 Å². The zero-order chi connectivity index (χ0) is 18.7. The predicted octanol–water partition coefficient (Wildman–Crippen LogP) is 4.38. The predicted molar refractivity (Wildman–Crippen MR) is 107 cm³/mol. The van der Waals surface area contributed by atoms with Gasteiger partial charge in [-0.2, -0.15) is 0 Å². The highest BCUT2D eigenvalue weighted by molar-refractivity contribution is 7.18. The second-order valence-electron chi connectivity index (χ2n) is 5.87. The van der Waals surface area contributed by atoms with Gasteiger partial charge < -0.3 is 5.32 Å². The molecule has 0 aliphatic heterocycles. The molecule has 2 heterocycles. The Hall–Kier alpha value is -2.51. The van der Waals surface area contributed by atoms with Gasteiger partial charge in [-0.25, -0.2) is 4.98 Å². The van der Waals surface area contributed by atoms with Gasteiger partial charge in [0, 0.05) is 22.2 Å². The number of anilines is 1. The fraction of sp³-hybridized carbons (Fsp3) is 0.211. The van der Waals surface area contributed by atoms with E-state index >= 15 is 0 Å². The topological polar surface area (TPSA) is 71.1 Å². The summed E-state index contributed by atoms with van der Waals surface area (Å²) >= 11 is 3.05. The van der Waals surface area contributed by atoms with Crippen LogP contribution in [0.15, 0.2) is 36.4 Å². The summed E-state index contributed by atoms with van der Waals surface area (Å²) in [6.45, 7) is 5.92. The van der Waals surface area contributed by atoms with Gasteiger partial charge in [-0.15, -0.1) is 22.7 Å². The number of thiophene rings is 1. The number of hydrogen-bond donors (Lipinski definition) is 2. The molecule has 3 aromatic rings. The van der Waals surface area contributed by atoms with Crippen molar-refractivity contribution in [2.45, 2.75) is 27.3 Å². The Kier molecular flexibility index (Phi) is 5.49. The van der Waals surface area contributed by atoms with E-state index in [2.05, 4.69) is 15.6 Å². The molecule has 1 aromatic carbocycles. The molecule has 5 nitrogen and oxygen atoms in total. The van der Waals surface area contributed by atoms with E-state index in [1.165, 1.54) is 18.3 Å². The minimum absolute atomic E-state index is 0.0500. The maximum absolute atomic E-state index is 12.5. The first-order chi connectivity index (χ1) is 12.4. The Morgan fingerprint density at radius 2 is 1.85 bits per heavy atom. The number of hydrogen-bond acceptors (Lipinski definition) is 5. The molecule has 0 aliphatic carbocycles. The van der Waals surface area contributed by atoms with E-state index in [9.17, 15) is 9.59 Å². The first-order valence-electron chi connectivity index (χ1n) is 8.12. The van der Waals surface area contributed by atoms with Crippen LogP contribution >= 0.6 is 22.7 Å². The second-order valence-corrected chi connectivity index (χ2v) is 8.24. The first-order valence-corrected chi connectivity index (χ1v) is 9.75. The van der Waals surface area contributed by atoms with Gasteiger partial charge in [-0.1, -0.05) is 18.2 Å². The van der Waals surface area contributed by atoms with Crippen LogP contribution < -0.4 is 10.6 Å². The van der Waals surface area contributed by atoms with Crippen LogP contribution in [0.4, 0.5) is 5.13 Å². The summed E-state index contributed by atoms with van der Waals surface area (Å²) in [7, 11) is 0. The molecule has 134 valence electrons. The average Bonchev–Trinajstić information content (AvgIpc) is 3.19. The van der Waals surface area contributed by atoms with Gasteiger partial charge in [-0.05, 0) is 37.6 Å². The Balaban J connectivity index is 1.76. The molecule has 2 N–H and O–H groups in total. The summed E-state index contributed by atoms with van der Waals surface area (Å²) in [4.78, 5) is 31.2. The van der Waals surface area contributed by atoms with Crippen molar-refractivity contribution in [2.24, 2.45) is 0 Å². The van der Waals surface area contributed by atoms with Crippen LogP contribution in [0.1, 0.15) is 32.6 Å². The molecule has 2 amide bonds. The van der Waals surface area contributed by atoms with E-state index in [0.29, 0.717) is 17.2 Å². The Bertz CT molecular complexity index is 959. The lowest BCUT2D eigenvalue weighted by atomic mass is 10.1. The Morgan fingerprint density at radius 1 is 1.08 bits per heavy atom. The largest absolute Gasteiger partial charge is 0.351 e. The number of carbonyl (C=O) groups excluding carboxylic acids is 2. The summed E-state index contributed by atoms with van der Waals surface area (Å²) in [5.74, 6) is -0.202. The van der Waals surface area contributed by atoms with Gasteiger partial charge in [0.25, 0.3) is 5.91 Å². The van der Waals surface area contributed by atoms with E-state index < -0.39 is 0 Å². The lowest BCUT2D eigenvalue weighted by molar-refractivity contribution is -0.119. The molecule has 3 rings (SSSR count). The molecular weight excluding hydrogens is 366 g/mol. The summed E-state index contributed by atoms with van der Waals surface area (Å²) in [5.41, 5.74) is 2.45. The third kappa shape index (κ3) is 4.17. The second kappa shape index (κ2) is 7.80. The number of aryl methyl sites for hydroxylation is 2. The van der Waals surface area contributed by atoms with Crippen molar-refractivity contribution in [3.05, 3.63) is 57.3 Å². The number of carbonyl (C=O) groups is 2. The molecule has 0 atom stereocenters. The van der Waals surface area contributed by atoms with E-state index in [1.807, 2.05) is 44.2 Å². The number of nitrogens with zero attached hydrogens (tertiary/aromatic N) is 1. The minimum atomic E-state index is -0.152. The molecule has 0 spiro atoms. The number of amides is 2. The maximum Gasteiger partial charge on any atom is 0.257 e. The molecule has 0 radical (unpaired) electrons. The zero-order valence-corrected chi connectivity index (χ0v) is 16.4. The summed E-state index contributed by atoms with van der Waals surface area (Å²) in [5, 5.41) is 6.27. The van der Waals surface area contributed by atoms with Crippen molar-refractivity contribution < 1.29 is 9.59 Å². The summed E-state index contributed by atoms with van der Waals surface area (Å²) in [6.07, 6.45) is 0. The highest BCUT2D eigenvalue weighted by Gasteiger charge is 2.15. The number of nitrogens with one attached hydrogen (secondary N) is 2. The highest BCUT2D eigenvalue weighted by atomic mass is 32.1. The SMILES string of the molecule is CC(=O)NCc1ccc(-c2nc(NC(=O)c3ccccc3C)sc2C)s1. The number of thiazole rings is 1. The minimum Gasteiger partial charge on any atom is -0.351 e. The third-order valence-electron chi connectivity index (χ3n) is 3.81. The van der Waals surface area contributed by atoms with Gasteiger partial charge in [-0.3, -0.25) is 14.9 Å². The van der Waals surface area contributed by atoms with Crippen LogP contribution in [0.5, 0.6) is 0 Å². The molecule has 0 saturated heterocycles. The van der Waals surface area contributed by atoms with Crippen molar-refractivity contribution >= 4 is 39.6 Å². The quantitative estimate of drug-likeness (QED) is 0.685. The third-order valence-corrected chi connectivity index (χ3v) is 5.79. The maximum atomic E-state index is 12.5. The van der Waals surface area contributed by atoms with Crippen molar-refractivity contribution in [1.82, 2.24) is 10.3 Å². The van der Waals surface area contributed by atoms with Crippen molar-refractivity contribution in [1.29, 1.82) is 0 Å². The summed E-state index contributed by atoms with van der Waals surface area (Å²) < 4.78 is 0. The molecule has 0 aliphatic rings. The van der Waals surface area contributed by atoms with Crippen molar-refractivity contribution in [2.75, 3.05) is 5.32 Å².